The van der Waals surface area contributed by atoms with Crippen molar-refractivity contribution in [1.29, 1.82) is 5.26 Å². The zero-order chi connectivity index (χ0) is 21.9. The molecule has 0 fully saturated rings. The zero-order valence-corrected chi connectivity index (χ0v) is 15.1. The molecular formula is C19H13F3N6O2. The molecule has 30 heavy (non-hydrogen) atoms. The minimum atomic E-state index is -4.60. The summed E-state index contributed by atoms with van der Waals surface area (Å²) in [4.78, 5) is 24.4. The van der Waals surface area contributed by atoms with Crippen molar-refractivity contribution in [2.45, 2.75) is 6.18 Å². The standard InChI is InChI=1S/C19H13F3N6O2/c20-19(21,22)14-5-1-3-11(7-14)17(29)26-27-18(30)12-4-2-6-15(8-12)28-16(24)13(9-23)10-25-28/h1-8,10H,24H2,(H,26,29)(H,27,30). The normalized spacial score (nSPS) is 10.9. The molecule has 1 heterocycles. The summed E-state index contributed by atoms with van der Waals surface area (Å²) in [5.74, 6) is -1.54. The Hall–Kier alpha value is -4.33. The minimum Gasteiger partial charge on any atom is -0.382 e. The lowest BCUT2D eigenvalue weighted by molar-refractivity contribution is -0.137. The quantitative estimate of drug-likeness (QED) is 0.568. The molecule has 4 N–H and O–H groups in total. The van der Waals surface area contributed by atoms with Crippen LogP contribution in [0, 0.1) is 11.3 Å². The lowest BCUT2D eigenvalue weighted by atomic mass is 10.1. The number of nitrogens with zero attached hydrogens (tertiary/aromatic N) is 3. The molecule has 0 bridgehead atoms. The van der Waals surface area contributed by atoms with Gasteiger partial charge in [0.2, 0.25) is 0 Å². The monoisotopic (exact) mass is 414 g/mol. The average Bonchev–Trinajstić information content (AvgIpc) is 3.11. The van der Waals surface area contributed by atoms with Crippen LogP contribution in [0.3, 0.4) is 0 Å². The van der Waals surface area contributed by atoms with Gasteiger partial charge in [0.25, 0.3) is 11.8 Å². The molecule has 0 radical (unpaired) electrons. The van der Waals surface area contributed by atoms with E-state index in [0.717, 1.165) is 12.1 Å². The highest BCUT2D eigenvalue weighted by molar-refractivity contribution is 5.99. The molecule has 3 aromatic rings. The van der Waals surface area contributed by atoms with E-state index in [2.05, 4.69) is 16.0 Å². The summed E-state index contributed by atoms with van der Waals surface area (Å²) in [5.41, 5.74) is 9.43. The SMILES string of the molecule is N#Cc1cnn(-c2cccc(C(=O)NNC(=O)c3cccc(C(F)(F)F)c3)c2)c1N. The number of halogens is 3. The predicted molar refractivity (Wildman–Crippen MR) is 99.1 cm³/mol. The summed E-state index contributed by atoms with van der Waals surface area (Å²) < 4.78 is 39.5. The first-order valence-electron chi connectivity index (χ1n) is 8.32. The maximum absolute atomic E-state index is 12.8. The van der Waals surface area contributed by atoms with Crippen LogP contribution in [0.25, 0.3) is 5.69 Å². The van der Waals surface area contributed by atoms with Crippen molar-refractivity contribution in [1.82, 2.24) is 20.6 Å². The van der Waals surface area contributed by atoms with Crippen molar-refractivity contribution >= 4 is 17.6 Å². The molecule has 1 aromatic heterocycles. The average molecular weight is 414 g/mol. The van der Waals surface area contributed by atoms with Gasteiger partial charge in [0.1, 0.15) is 17.5 Å². The number of carbonyl (C=O) groups is 2. The van der Waals surface area contributed by atoms with Gasteiger partial charge in [-0.1, -0.05) is 12.1 Å². The minimum absolute atomic E-state index is 0.0907. The number of alkyl halides is 3. The first kappa shape index (κ1) is 20.4. The van der Waals surface area contributed by atoms with Crippen molar-refractivity contribution < 1.29 is 22.8 Å². The van der Waals surface area contributed by atoms with Crippen molar-refractivity contribution in [2.24, 2.45) is 0 Å². The summed E-state index contributed by atoms with van der Waals surface area (Å²) in [6, 6.07) is 11.7. The Morgan fingerprint density at radius 3 is 2.20 bits per heavy atom. The zero-order valence-electron chi connectivity index (χ0n) is 15.1. The molecular weight excluding hydrogens is 401 g/mol. The predicted octanol–water partition coefficient (Wildman–Crippen LogP) is 2.42. The number of nitrogen functional groups attached to an aromatic ring is 1. The van der Waals surface area contributed by atoms with E-state index < -0.39 is 23.6 Å². The van der Waals surface area contributed by atoms with Crippen LogP contribution in [0.4, 0.5) is 19.0 Å². The Bertz CT molecular complexity index is 1160. The number of rotatable bonds is 3. The molecule has 0 saturated heterocycles. The fourth-order valence-corrected chi connectivity index (χ4v) is 2.52. The van der Waals surface area contributed by atoms with Crippen molar-refractivity contribution in [3.05, 3.63) is 77.0 Å². The Morgan fingerprint density at radius 2 is 1.63 bits per heavy atom. The smallest absolute Gasteiger partial charge is 0.382 e. The number of anilines is 1. The van der Waals surface area contributed by atoms with Gasteiger partial charge in [-0.2, -0.15) is 23.5 Å². The summed E-state index contributed by atoms with van der Waals surface area (Å²) in [6.45, 7) is 0. The number of nitrogens with one attached hydrogen (secondary N) is 2. The van der Waals surface area contributed by atoms with E-state index in [9.17, 15) is 22.8 Å². The number of hydrogen-bond donors (Lipinski definition) is 3. The summed E-state index contributed by atoms with van der Waals surface area (Å²) >= 11 is 0. The molecule has 0 aliphatic carbocycles. The van der Waals surface area contributed by atoms with E-state index in [1.165, 1.54) is 35.1 Å². The molecule has 0 unspecified atom stereocenters. The van der Waals surface area contributed by atoms with Crippen LogP contribution in [0.15, 0.2) is 54.7 Å². The molecule has 152 valence electrons. The van der Waals surface area contributed by atoms with Crippen LogP contribution in [-0.4, -0.2) is 21.6 Å². The highest BCUT2D eigenvalue weighted by atomic mass is 19.4. The second kappa shape index (κ2) is 7.96. The van der Waals surface area contributed by atoms with Crippen LogP contribution < -0.4 is 16.6 Å². The van der Waals surface area contributed by atoms with Gasteiger partial charge in [-0.15, -0.1) is 0 Å². The fourth-order valence-electron chi connectivity index (χ4n) is 2.52. The number of benzene rings is 2. The molecule has 0 saturated carbocycles. The first-order chi connectivity index (χ1) is 14.2. The molecule has 2 amide bonds. The lowest BCUT2D eigenvalue weighted by Crippen LogP contribution is -2.41. The maximum Gasteiger partial charge on any atom is 0.416 e. The lowest BCUT2D eigenvalue weighted by Gasteiger charge is -2.11. The van der Waals surface area contributed by atoms with Crippen molar-refractivity contribution in [3.8, 4) is 11.8 Å². The van der Waals surface area contributed by atoms with Gasteiger partial charge in [-0.05, 0) is 36.4 Å². The highest BCUT2D eigenvalue weighted by Crippen LogP contribution is 2.29. The Labute approximate surface area is 167 Å². The van der Waals surface area contributed by atoms with E-state index in [1.54, 1.807) is 6.07 Å². The van der Waals surface area contributed by atoms with Crippen LogP contribution in [0.2, 0.25) is 0 Å². The number of hydrogen-bond acceptors (Lipinski definition) is 5. The Morgan fingerprint density at radius 1 is 1.03 bits per heavy atom. The van der Waals surface area contributed by atoms with E-state index in [1.807, 2.05) is 6.07 Å². The van der Waals surface area contributed by atoms with Gasteiger partial charge in [-0.25, -0.2) is 4.68 Å². The summed E-state index contributed by atoms with van der Waals surface area (Å²) in [7, 11) is 0. The van der Waals surface area contributed by atoms with E-state index >= 15 is 0 Å². The van der Waals surface area contributed by atoms with Gasteiger partial charge in [0, 0.05) is 11.1 Å². The van der Waals surface area contributed by atoms with Gasteiger partial charge >= 0.3 is 6.18 Å². The van der Waals surface area contributed by atoms with E-state index in [-0.39, 0.29) is 22.5 Å². The van der Waals surface area contributed by atoms with Crippen LogP contribution in [-0.2, 0) is 6.18 Å². The topological polar surface area (TPSA) is 126 Å². The highest BCUT2D eigenvalue weighted by Gasteiger charge is 2.30. The number of carbonyl (C=O) groups excluding carboxylic acids is 2. The van der Waals surface area contributed by atoms with E-state index in [4.69, 9.17) is 11.0 Å². The molecule has 0 aliphatic rings. The number of amides is 2. The molecule has 2 aromatic carbocycles. The largest absolute Gasteiger partial charge is 0.416 e. The molecule has 8 nitrogen and oxygen atoms in total. The molecule has 0 aliphatic heterocycles. The molecule has 0 atom stereocenters. The molecule has 11 heteroatoms. The second-order valence-electron chi connectivity index (χ2n) is 6.00. The third-order valence-electron chi connectivity index (χ3n) is 4.02. The number of aromatic nitrogens is 2. The molecule has 3 rings (SSSR count). The number of hydrazine groups is 1. The van der Waals surface area contributed by atoms with Crippen molar-refractivity contribution in [2.75, 3.05) is 5.73 Å². The number of nitrogens with two attached hydrogens (primary N) is 1. The third-order valence-corrected chi connectivity index (χ3v) is 4.02. The molecule has 0 spiro atoms. The van der Waals surface area contributed by atoms with E-state index in [0.29, 0.717) is 11.8 Å². The van der Waals surface area contributed by atoms with Gasteiger partial charge in [0.15, 0.2) is 0 Å². The Kier molecular flexibility index (Phi) is 5.41. The van der Waals surface area contributed by atoms with Crippen LogP contribution >= 0.6 is 0 Å². The summed E-state index contributed by atoms with van der Waals surface area (Å²) in [5, 5.41) is 12.9. The number of nitriles is 1. The van der Waals surface area contributed by atoms with Gasteiger partial charge < -0.3 is 5.73 Å². The van der Waals surface area contributed by atoms with Gasteiger partial charge in [0.05, 0.1) is 17.4 Å². The Balaban J connectivity index is 1.72. The van der Waals surface area contributed by atoms with Crippen LogP contribution in [0.1, 0.15) is 31.8 Å². The van der Waals surface area contributed by atoms with Crippen molar-refractivity contribution in [3.63, 3.8) is 0 Å². The fraction of sp³-hybridized carbons (Fsp3) is 0.0526. The first-order valence-corrected chi connectivity index (χ1v) is 8.32. The third kappa shape index (κ3) is 4.22. The van der Waals surface area contributed by atoms with Gasteiger partial charge in [-0.3, -0.25) is 20.4 Å². The summed E-state index contributed by atoms with van der Waals surface area (Å²) in [6.07, 6.45) is -3.32. The maximum atomic E-state index is 12.8. The van der Waals surface area contributed by atoms with Crippen LogP contribution in [0.5, 0.6) is 0 Å². The second-order valence-corrected chi connectivity index (χ2v) is 6.00.